The van der Waals surface area contributed by atoms with Gasteiger partial charge in [0.15, 0.2) is 5.89 Å². The lowest BCUT2D eigenvalue weighted by atomic mass is 10.1. The standard InChI is InChI=1S/C11H19N3O/c1-12-6-4-10-8-15-11(14-10)7-9-3-2-5-13-9/h8-9,12-13H,2-7H2,1H3. The van der Waals surface area contributed by atoms with Crippen LogP contribution in [0.5, 0.6) is 0 Å². The van der Waals surface area contributed by atoms with Crippen molar-refractivity contribution in [1.82, 2.24) is 15.6 Å². The lowest BCUT2D eigenvalue weighted by Crippen LogP contribution is -2.23. The van der Waals surface area contributed by atoms with E-state index >= 15 is 0 Å². The van der Waals surface area contributed by atoms with Crippen LogP contribution in [0.4, 0.5) is 0 Å². The van der Waals surface area contributed by atoms with Crippen LogP contribution in [0.2, 0.25) is 0 Å². The van der Waals surface area contributed by atoms with Gasteiger partial charge in [0.1, 0.15) is 6.26 Å². The van der Waals surface area contributed by atoms with Crippen molar-refractivity contribution in [1.29, 1.82) is 0 Å². The third-order valence-electron chi connectivity index (χ3n) is 2.81. The minimum Gasteiger partial charge on any atom is -0.449 e. The summed E-state index contributed by atoms with van der Waals surface area (Å²) in [5.74, 6) is 0.875. The second-order valence-corrected chi connectivity index (χ2v) is 4.08. The second kappa shape index (κ2) is 5.28. The Morgan fingerprint density at radius 3 is 3.33 bits per heavy atom. The van der Waals surface area contributed by atoms with Gasteiger partial charge in [-0.1, -0.05) is 0 Å². The van der Waals surface area contributed by atoms with Gasteiger partial charge in [0.25, 0.3) is 0 Å². The Labute approximate surface area is 90.5 Å². The molecule has 1 saturated heterocycles. The second-order valence-electron chi connectivity index (χ2n) is 4.08. The summed E-state index contributed by atoms with van der Waals surface area (Å²) in [4.78, 5) is 4.46. The van der Waals surface area contributed by atoms with Gasteiger partial charge in [-0.15, -0.1) is 0 Å². The topological polar surface area (TPSA) is 50.1 Å². The normalized spacial score (nSPS) is 21.0. The largest absolute Gasteiger partial charge is 0.449 e. The molecule has 2 N–H and O–H groups in total. The summed E-state index contributed by atoms with van der Waals surface area (Å²) >= 11 is 0. The number of hydrogen-bond acceptors (Lipinski definition) is 4. The molecule has 0 spiro atoms. The Morgan fingerprint density at radius 2 is 2.60 bits per heavy atom. The van der Waals surface area contributed by atoms with Gasteiger partial charge < -0.3 is 15.1 Å². The van der Waals surface area contributed by atoms with Gasteiger partial charge in [-0.2, -0.15) is 0 Å². The van der Waals surface area contributed by atoms with Crippen molar-refractivity contribution in [2.75, 3.05) is 20.1 Å². The number of nitrogens with zero attached hydrogens (tertiary/aromatic N) is 1. The van der Waals surface area contributed by atoms with E-state index in [0.29, 0.717) is 6.04 Å². The predicted molar refractivity (Wildman–Crippen MR) is 58.9 cm³/mol. The van der Waals surface area contributed by atoms with Crippen LogP contribution < -0.4 is 10.6 Å². The minimum absolute atomic E-state index is 0.570. The molecular formula is C11H19N3O. The molecule has 84 valence electrons. The minimum atomic E-state index is 0.570. The molecule has 2 heterocycles. The van der Waals surface area contributed by atoms with Crippen molar-refractivity contribution in [2.45, 2.75) is 31.7 Å². The number of oxazole rings is 1. The van der Waals surface area contributed by atoms with Crippen molar-refractivity contribution < 1.29 is 4.42 Å². The van der Waals surface area contributed by atoms with E-state index in [1.54, 1.807) is 6.26 Å². The molecule has 15 heavy (non-hydrogen) atoms. The molecule has 0 radical (unpaired) electrons. The first-order valence-electron chi connectivity index (χ1n) is 5.70. The number of likely N-dealkylation sites (N-methyl/N-ethyl adjacent to an activating group) is 1. The third kappa shape index (κ3) is 3.04. The summed E-state index contributed by atoms with van der Waals surface area (Å²) in [5.41, 5.74) is 1.05. The lowest BCUT2D eigenvalue weighted by Gasteiger charge is -2.05. The van der Waals surface area contributed by atoms with Gasteiger partial charge >= 0.3 is 0 Å². The van der Waals surface area contributed by atoms with Gasteiger partial charge in [0, 0.05) is 25.4 Å². The molecule has 0 aromatic carbocycles. The van der Waals surface area contributed by atoms with E-state index in [-0.39, 0.29) is 0 Å². The Bertz CT molecular complexity index is 292. The van der Waals surface area contributed by atoms with E-state index < -0.39 is 0 Å². The molecule has 1 unspecified atom stereocenters. The van der Waals surface area contributed by atoms with Crippen molar-refractivity contribution in [2.24, 2.45) is 0 Å². The monoisotopic (exact) mass is 209 g/mol. The van der Waals surface area contributed by atoms with Crippen molar-refractivity contribution in [3.05, 3.63) is 17.8 Å². The van der Waals surface area contributed by atoms with E-state index in [2.05, 4.69) is 15.6 Å². The molecule has 2 rings (SSSR count). The summed E-state index contributed by atoms with van der Waals surface area (Å²) < 4.78 is 5.44. The van der Waals surface area contributed by atoms with E-state index in [9.17, 15) is 0 Å². The average molecular weight is 209 g/mol. The van der Waals surface area contributed by atoms with Crippen molar-refractivity contribution in [3.8, 4) is 0 Å². The molecule has 1 aliphatic rings. The van der Waals surface area contributed by atoms with Crippen LogP contribution in [0.1, 0.15) is 24.4 Å². The molecule has 1 fully saturated rings. The van der Waals surface area contributed by atoms with Crippen molar-refractivity contribution >= 4 is 0 Å². The SMILES string of the molecule is CNCCc1coc(CC2CCCN2)n1. The van der Waals surface area contributed by atoms with E-state index in [1.165, 1.54) is 12.8 Å². The van der Waals surface area contributed by atoms with Gasteiger partial charge in [-0.25, -0.2) is 4.98 Å². The van der Waals surface area contributed by atoms with Crippen LogP contribution in [0.25, 0.3) is 0 Å². The van der Waals surface area contributed by atoms with E-state index in [1.807, 2.05) is 7.05 Å². The molecule has 0 amide bonds. The summed E-state index contributed by atoms with van der Waals surface area (Å²) in [6.45, 7) is 2.09. The number of rotatable bonds is 5. The van der Waals surface area contributed by atoms with Gasteiger partial charge in [0.05, 0.1) is 5.69 Å². The zero-order chi connectivity index (χ0) is 10.5. The molecule has 1 aromatic rings. The summed E-state index contributed by atoms with van der Waals surface area (Å²) in [6.07, 6.45) is 6.17. The van der Waals surface area contributed by atoms with E-state index in [0.717, 1.165) is 37.5 Å². The Balaban J connectivity index is 1.83. The van der Waals surface area contributed by atoms with E-state index in [4.69, 9.17) is 4.42 Å². The highest BCUT2D eigenvalue weighted by Crippen LogP contribution is 2.12. The van der Waals surface area contributed by atoms with Crippen LogP contribution in [-0.2, 0) is 12.8 Å². The molecule has 4 nitrogen and oxygen atoms in total. The predicted octanol–water partition coefficient (Wildman–Crippen LogP) is 0.731. The molecule has 1 atom stereocenters. The Hall–Kier alpha value is -0.870. The number of nitrogens with one attached hydrogen (secondary N) is 2. The molecule has 0 bridgehead atoms. The van der Waals surface area contributed by atoms with Crippen molar-refractivity contribution in [3.63, 3.8) is 0 Å². The quantitative estimate of drug-likeness (QED) is 0.750. The molecule has 0 saturated carbocycles. The summed E-state index contributed by atoms with van der Waals surface area (Å²) in [5, 5.41) is 6.55. The molecule has 0 aliphatic carbocycles. The smallest absolute Gasteiger partial charge is 0.195 e. The maximum Gasteiger partial charge on any atom is 0.195 e. The first-order chi connectivity index (χ1) is 7.38. The Morgan fingerprint density at radius 1 is 1.67 bits per heavy atom. The zero-order valence-electron chi connectivity index (χ0n) is 9.25. The third-order valence-corrected chi connectivity index (χ3v) is 2.81. The highest BCUT2D eigenvalue weighted by molar-refractivity contribution is 4.99. The highest BCUT2D eigenvalue weighted by atomic mass is 16.3. The zero-order valence-corrected chi connectivity index (χ0v) is 9.25. The maximum absolute atomic E-state index is 5.44. The summed E-state index contributed by atoms with van der Waals surface area (Å²) in [6, 6.07) is 0.570. The maximum atomic E-state index is 5.44. The molecule has 1 aromatic heterocycles. The fourth-order valence-corrected chi connectivity index (χ4v) is 1.95. The van der Waals surface area contributed by atoms with Gasteiger partial charge in [0.2, 0.25) is 0 Å². The van der Waals surface area contributed by atoms with Crippen LogP contribution in [0, 0.1) is 0 Å². The van der Waals surface area contributed by atoms with Gasteiger partial charge in [-0.3, -0.25) is 0 Å². The molecular weight excluding hydrogens is 190 g/mol. The van der Waals surface area contributed by atoms with Crippen LogP contribution in [-0.4, -0.2) is 31.2 Å². The van der Waals surface area contributed by atoms with Crippen LogP contribution >= 0.6 is 0 Å². The number of aromatic nitrogens is 1. The highest BCUT2D eigenvalue weighted by Gasteiger charge is 2.16. The van der Waals surface area contributed by atoms with Crippen LogP contribution in [0.3, 0.4) is 0 Å². The summed E-state index contributed by atoms with van der Waals surface area (Å²) in [7, 11) is 1.95. The fraction of sp³-hybridized carbons (Fsp3) is 0.727. The fourth-order valence-electron chi connectivity index (χ4n) is 1.95. The van der Waals surface area contributed by atoms with Crippen LogP contribution in [0.15, 0.2) is 10.7 Å². The molecule has 1 aliphatic heterocycles. The lowest BCUT2D eigenvalue weighted by molar-refractivity contribution is 0.456. The average Bonchev–Trinajstić information content (AvgIpc) is 2.87. The first kappa shape index (κ1) is 10.6. The number of hydrogen-bond donors (Lipinski definition) is 2. The molecule has 4 heteroatoms. The Kier molecular flexibility index (Phi) is 3.75. The van der Waals surface area contributed by atoms with Gasteiger partial charge in [-0.05, 0) is 26.4 Å². The first-order valence-corrected chi connectivity index (χ1v) is 5.70.